The van der Waals surface area contributed by atoms with Crippen molar-refractivity contribution in [1.82, 2.24) is 0 Å². The lowest BCUT2D eigenvalue weighted by atomic mass is 10.1. The van der Waals surface area contributed by atoms with Gasteiger partial charge in [0, 0.05) is 6.42 Å². The Kier molecular flexibility index (Phi) is 1.41. The fourth-order valence-corrected chi connectivity index (χ4v) is 0.773. The van der Waals surface area contributed by atoms with Crippen molar-refractivity contribution in [3.8, 4) is 0 Å². The summed E-state index contributed by atoms with van der Waals surface area (Å²) >= 11 is 5.71. The summed E-state index contributed by atoms with van der Waals surface area (Å²) in [4.78, 5) is -0.616. The Balaban J connectivity index is 2.65. The number of hydrogen-bond acceptors (Lipinski definition) is 1. The lowest BCUT2D eigenvalue weighted by Gasteiger charge is -2.16. The second-order valence-electron chi connectivity index (χ2n) is 1.92. The molecule has 0 fully saturated rings. The number of rotatable bonds is 0. The van der Waals surface area contributed by atoms with E-state index in [-0.39, 0.29) is 0 Å². The lowest BCUT2D eigenvalue weighted by molar-refractivity contribution is 0.743. The zero-order valence-electron chi connectivity index (χ0n) is 4.47. The fourth-order valence-electron chi connectivity index (χ4n) is 0.611. The smallest absolute Gasteiger partial charge is 0.113 e. The molecule has 0 amide bonds. The number of halogens is 1. The Morgan fingerprint density at radius 3 is 2.50 bits per heavy atom. The predicted octanol–water partition coefficient (Wildman–Crippen LogP) is 1.40. The summed E-state index contributed by atoms with van der Waals surface area (Å²) in [7, 11) is 0. The fraction of sp³-hybridized carbons (Fsp3) is 0.333. The van der Waals surface area contributed by atoms with Crippen molar-refractivity contribution in [2.24, 2.45) is 5.73 Å². The maximum absolute atomic E-state index is 5.71. The van der Waals surface area contributed by atoms with Crippen LogP contribution in [0.15, 0.2) is 24.3 Å². The van der Waals surface area contributed by atoms with E-state index in [0.717, 1.165) is 6.42 Å². The highest BCUT2D eigenvalue weighted by molar-refractivity contribution is 6.25. The molecule has 0 aromatic heterocycles. The summed E-state index contributed by atoms with van der Waals surface area (Å²) in [6, 6.07) is 0. The Labute approximate surface area is 53.8 Å². The minimum atomic E-state index is -0.616. The standard InChI is InChI=1S/C6H8ClN/c7-6(8)4-2-1-3-5-6/h1-4H,5,8H2. The summed E-state index contributed by atoms with van der Waals surface area (Å²) in [5.74, 6) is 0. The van der Waals surface area contributed by atoms with Gasteiger partial charge in [0.15, 0.2) is 0 Å². The quantitative estimate of drug-likeness (QED) is 0.388. The van der Waals surface area contributed by atoms with E-state index < -0.39 is 5.00 Å². The second-order valence-corrected chi connectivity index (χ2v) is 2.62. The van der Waals surface area contributed by atoms with Crippen molar-refractivity contribution in [3.05, 3.63) is 24.3 Å². The largest absolute Gasteiger partial charge is 0.309 e. The molecule has 0 spiro atoms. The van der Waals surface area contributed by atoms with Crippen LogP contribution in [0.3, 0.4) is 0 Å². The summed E-state index contributed by atoms with van der Waals surface area (Å²) in [5, 5.41) is 0. The minimum absolute atomic E-state index is 0.616. The Bertz CT molecular complexity index is 135. The Hall–Kier alpha value is -0.270. The summed E-state index contributed by atoms with van der Waals surface area (Å²) in [6.07, 6.45) is 8.26. The van der Waals surface area contributed by atoms with Gasteiger partial charge < -0.3 is 5.73 Å². The van der Waals surface area contributed by atoms with Crippen LogP contribution < -0.4 is 5.73 Å². The predicted molar refractivity (Wildman–Crippen MR) is 35.7 cm³/mol. The minimum Gasteiger partial charge on any atom is -0.309 e. The number of hydrogen-bond donors (Lipinski definition) is 1. The van der Waals surface area contributed by atoms with Crippen molar-refractivity contribution >= 4 is 11.6 Å². The molecule has 0 heterocycles. The first-order valence-electron chi connectivity index (χ1n) is 2.53. The van der Waals surface area contributed by atoms with Gasteiger partial charge in [0.1, 0.15) is 5.00 Å². The van der Waals surface area contributed by atoms with Crippen LogP contribution in [-0.2, 0) is 0 Å². The molecule has 1 atom stereocenters. The highest BCUT2D eigenvalue weighted by Crippen LogP contribution is 2.17. The van der Waals surface area contributed by atoms with Gasteiger partial charge in [-0.15, -0.1) is 0 Å². The van der Waals surface area contributed by atoms with E-state index in [1.807, 2.05) is 18.2 Å². The van der Waals surface area contributed by atoms with Crippen LogP contribution in [0.4, 0.5) is 0 Å². The average molecular weight is 130 g/mol. The van der Waals surface area contributed by atoms with Gasteiger partial charge in [0.2, 0.25) is 0 Å². The molecule has 0 radical (unpaired) electrons. The summed E-state index contributed by atoms with van der Waals surface area (Å²) in [6.45, 7) is 0. The van der Waals surface area contributed by atoms with Crippen LogP contribution in [0.1, 0.15) is 6.42 Å². The van der Waals surface area contributed by atoms with E-state index in [9.17, 15) is 0 Å². The van der Waals surface area contributed by atoms with Gasteiger partial charge in [0.05, 0.1) is 0 Å². The lowest BCUT2D eigenvalue weighted by Crippen LogP contribution is -2.30. The van der Waals surface area contributed by atoms with Gasteiger partial charge in [-0.25, -0.2) is 0 Å². The van der Waals surface area contributed by atoms with E-state index in [1.54, 1.807) is 6.08 Å². The van der Waals surface area contributed by atoms with Crippen LogP contribution in [0.2, 0.25) is 0 Å². The van der Waals surface area contributed by atoms with Gasteiger partial charge in [-0.05, 0) is 6.08 Å². The van der Waals surface area contributed by atoms with Gasteiger partial charge in [-0.2, -0.15) is 0 Å². The summed E-state index contributed by atoms with van der Waals surface area (Å²) < 4.78 is 0. The average Bonchev–Trinajstić information content (AvgIpc) is 1.65. The van der Waals surface area contributed by atoms with E-state index in [1.165, 1.54) is 0 Å². The molecule has 0 aromatic carbocycles. The summed E-state index contributed by atoms with van der Waals surface area (Å²) in [5.41, 5.74) is 5.51. The van der Waals surface area contributed by atoms with Crippen LogP contribution in [-0.4, -0.2) is 5.00 Å². The van der Waals surface area contributed by atoms with E-state index in [0.29, 0.717) is 0 Å². The van der Waals surface area contributed by atoms with Crippen LogP contribution in [0.25, 0.3) is 0 Å². The number of nitrogens with two attached hydrogens (primary N) is 1. The molecule has 44 valence electrons. The normalized spacial score (nSPS) is 35.8. The van der Waals surface area contributed by atoms with Crippen LogP contribution in [0.5, 0.6) is 0 Å². The first-order chi connectivity index (χ1) is 3.71. The molecule has 0 saturated heterocycles. The molecule has 1 aliphatic rings. The SMILES string of the molecule is NC1(Cl)C=CC=CC1. The molecule has 2 N–H and O–H groups in total. The molecule has 1 unspecified atom stereocenters. The van der Waals surface area contributed by atoms with Gasteiger partial charge in [-0.1, -0.05) is 29.8 Å². The molecule has 0 bridgehead atoms. The van der Waals surface area contributed by atoms with Gasteiger partial charge >= 0.3 is 0 Å². The molecule has 8 heavy (non-hydrogen) atoms. The van der Waals surface area contributed by atoms with E-state index in [2.05, 4.69) is 0 Å². The van der Waals surface area contributed by atoms with E-state index >= 15 is 0 Å². The molecule has 2 heteroatoms. The van der Waals surface area contributed by atoms with Crippen molar-refractivity contribution in [3.63, 3.8) is 0 Å². The number of alkyl halides is 1. The molecular formula is C6H8ClN. The molecular weight excluding hydrogens is 122 g/mol. The molecule has 1 aliphatic carbocycles. The topological polar surface area (TPSA) is 26.0 Å². The molecule has 0 saturated carbocycles. The molecule has 1 nitrogen and oxygen atoms in total. The highest BCUT2D eigenvalue weighted by atomic mass is 35.5. The zero-order valence-corrected chi connectivity index (χ0v) is 5.23. The third kappa shape index (κ3) is 1.35. The number of allylic oxidation sites excluding steroid dienone is 2. The van der Waals surface area contributed by atoms with Crippen molar-refractivity contribution in [2.45, 2.75) is 11.4 Å². The van der Waals surface area contributed by atoms with Crippen molar-refractivity contribution < 1.29 is 0 Å². The van der Waals surface area contributed by atoms with Crippen LogP contribution in [0, 0.1) is 0 Å². The first-order valence-corrected chi connectivity index (χ1v) is 2.91. The van der Waals surface area contributed by atoms with E-state index in [4.69, 9.17) is 17.3 Å². The maximum atomic E-state index is 5.71. The van der Waals surface area contributed by atoms with Crippen molar-refractivity contribution in [1.29, 1.82) is 0 Å². The Morgan fingerprint density at radius 2 is 2.25 bits per heavy atom. The third-order valence-electron chi connectivity index (χ3n) is 1.05. The second kappa shape index (κ2) is 1.92. The first kappa shape index (κ1) is 5.86. The Morgan fingerprint density at radius 1 is 1.50 bits per heavy atom. The molecule has 0 aliphatic heterocycles. The highest BCUT2D eigenvalue weighted by Gasteiger charge is 2.15. The van der Waals surface area contributed by atoms with Crippen LogP contribution >= 0.6 is 11.6 Å². The van der Waals surface area contributed by atoms with Gasteiger partial charge in [0.25, 0.3) is 0 Å². The molecule has 0 aromatic rings. The monoisotopic (exact) mass is 129 g/mol. The van der Waals surface area contributed by atoms with Crippen molar-refractivity contribution in [2.75, 3.05) is 0 Å². The van der Waals surface area contributed by atoms with Gasteiger partial charge in [-0.3, -0.25) is 0 Å². The molecule has 1 rings (SSSR count). The zero-order chi connectivity index (χ0) is 6.04. The third-order valence-corrected chi connectivity index (χ3v) is 1.33. The maximum Gasteiger partial charge on any atom is 0.113 e.